The largest absolute Gasteiger partial charge is 0.483 e. The van der Waals surface area contributed by atoms with Crippen LogP contribution in [0.4, 0.5) is 0 Å². The monoisotopic (exact) mass is 274 g/mol. The van der Waals surface area contributed by atoms with Crippen molar-refractivity contribution in [2.45, 2.75) is 26.8 Å². The molecule has 0 radical (unpaired) electrons. The van der Waals surface area contributed by atoms with E-state index in [2.05, 4.69) is 29.7 Å². The van der Waals surface area contributed by atoms with Gasteiger partial charge in [-0.1, -0.05) is 17.7 Å². The van der Waals surface area contributed by atoms with Gasteiger partial charge in [-0.25, -0.2) is 0 Å². The van der Waals surface area contributed by atoms with Crippen molar-refractivity contribution in [3.8, 4) is 5.75 Å². The van der Waals surface area contributed by atoms with Gasteiger partial charge in [-0.05, 0) is 43.7 Å². The summed E-state index contributed by atoms with van der Waals surface area (Å²) in [4.78, 5) is 11.9. The van der Waals surface area contributed by atoms with E-state index in [9.17, 15) is 4.79 Å². The van der Waals surface area contributed by atoms with Crippen LogP contribution in [0.5, 0.6) is 5.75 Å². The zero-order valence-corrected chi connectivity index (χ0v) is 12.3. The van der Waals surface area contributed by atoms with Gasteiger partial charge in [0.05, 0.1) is 0 Å². The fourth-order valence-electron chi connectivity index (χ4n) is 3.39. The highest BCUT2D eigenvalue weighted by molar-refractivity contribution is 5.78. The fraction of sp³-hybridized carbons (Fsp3) is 0.562. The van der Waals surface area contributed by atoms with Crippen LogP contribution in [0.25, 0.3) is 0 Å². The second-order valence-electron chi connectivity index (χ2n) is 6.10. The Morgan fingerprint density at radius 1 is 1.25 bits per heavy atom. The topological polar surface area (TPSA) is 50.4 Å². The second kappa shape index (κ2) is 5.09. The quantitative estimate of drug-likeness (QED) is 0.871. The first-order valence-electron chi connectivity index (χ1n) is 7.27. The van der Waals surface area contributed by atoms with Crippen molar-refractivity contribution in [3.05, 3.63) is 28.8 Å². The summed E-state index contributed by atoms with van der Waals surface area (Å²) < 4.78 is 5.71. The van der Waals surface area contributed by atoms with Gasteiger partial charge in [0.1, 0.15) is 5.75 Å². The Balaban J connectivity index is 1.53. The van der Waals surface area contributed by atoms with Crippen LogP contribution in [-0.4, -0.2) is 31.6 Å². The molecule has 1 heterocycles. The van der Waals surface area contributed by atoms with Crippen LogP contribution in [0.2, 0.25) is 0 Å². The third-order valence-corrected chi connectivity index (χ3v) is 4.37. The molecule has 1 unspecified atom stereocenters. The zero-order valence-electron chi connectivity index (χ0n) is 12.3. The van der Waals surface area contributed by atoms with Crippen molar-refractivity contribution in [2.24, 2.45) is 11.8 Å². The van der Waals surface area contributed by atoms with Crippen molar-refractivity contribution < 1.29 is 9.53 Å². The molecule has 1 aliphatic carbocycles. The van der Waals surface area contributed by atoms with E-state index in [0.29, 0.717) is 17.9 Å². The van der Waals surface area contributed by atoms with Gasteiger partial charge in [0.15, 0.2) is 6.61 Å². The molecule has 1 aromatic rings. The maximum Gasteiger partial charge on any atom is 0.258 e. The second-order valence-corrected chi connectivity index (χ2v) is 6.10. The van der Waals surface area contributed by atoms with Crippen molar-refractivity contribution in [1.29, 1.82) is 0 Å². The maximum absolute atomic E-state index is 11.9. The zero-order chi connectivity index (χ0) is 14.3. The Labute approximate surface area is 119 Å². The molecule has 1 aromatic carbocycles. The molecule has 1 aliphatic heterocycles. The molecule has 2 fully saturated rings. The minimum atomic E-state index is -0.0104. The molecule has 4 nitrogen and oxygen atoms in total. The number of hydrogen-bond donors (Lipinski definition) is 2. The fourth-order valence-corrected chi connectivity index (χ4v) is 3.39. The van der Waals surface area contributed by atoms with Crippen LogP contribution in [-0.2, 0) is 4.79 Å². The third kappa shape index (κ3) is 2.52. The van der Waals surface area contributed by atoms with Gasteiger partial charge in [0, 0.05) is 19.1 Å². The van der Waals surface area contributed by atoms with Crippen molar-refractivity contribution >= 4 is 5.91 Å². The number of carbonyl (C=O) groups is 1. The molecular formula is C16H22N2O2. The van der Waals surface area contributed by atoms with Crippen molar-refractivity contribution in [2.75, 3.05) is 19.7 Å². The molecular weight excluding hydrogens is 252 g/mol. The van der Waals surface area contributed by atoms with E-state index in [1.54, 1.807) is 0 Å². The van der Waals surface area contributed by atoms with E-state index in [1.165, 1.54) is 5.56 Å². The van der Waals surface area contributed by atoms with Crippen molar-refractivity contribution in [3.63, 3.8) is 0 Å². The van der Waals surface area contributed by atoms with Gasteiger partial charge >= 0.3 is 0 Å². The van der Waals surface area contributed by atoms with E-state index in [0.717, 1.165) is 30.0 Å². The Hall–Kier alpha value is -1.55. The first-order valence-corrected chi connectivity index (χ1v) is 7.27. The maximum atomic E-state index is 11.9. The molecule has 0 aromatic heterocycles. The number of carbonyl (C=O) groups excluding carboxylic acids is 1. The van der Waals surface area contributed by atoms with E-state index < -0.39 is 0 Å². The number of rotatable bonds is 4. The SMILES string of the molecule is Cc1cc(C)c(OCC(=O)NC2[C@H]3CNC[C@@H]23)c(C)c1. The number of benzene rings is 1. The highest BCUT2D eigenvalue weighted by Crippen LogP contribution is 2.41. The van der Waals surface area contributed by atoms with Gasteiger partial charge in [0.25, 0.3) is 5.91 Å². The Morgan fingerprint density at radius 2 is 1.85 bits per heavy atom. The van der Waals surface area contributed by atoms with Crippen LogP contribution in [0.1, 0.15) is 16.7 Å². The molecule has 1 amide bonds. The van der Waals surface area contributed by atoms with Gasteiger partial charge in [-0.3, -0.25) is 4.79 Å². The third-order valence-electron chi connectivity index (χ3n) is 4.37. The van der Waals surface area contributed by atoms with Gasteiger partial charge in [-0.15, -0.1) is 0 Å². The number of ether oxygens (including phenoxy) is 1. The molecule has 1 saturated carbocycles. The summed E-state index contributed by atoms with van der Waals surface area (Å²) in [6.07, 6.45) is 0. The molecule has 2 N–H and O–H groups in total. The van der Waals surface area contributed by atoms with Gasteiger partial charge < -0.3 is 15.4 Å². The molecule has 4 heteroatoms. The smallest absolute Gasteiger partial charge is 0.258 e. The standard InChI is InChI=1S/C16H22N2O2/c1-9-4-10(2)16(11(3)5-9)20-8-14(19)18-15-12-6-17-7-13(12)15/h4-5,12-13,15,17H,6-8H2,1-3H3,(H,18,19)/t12-,13+,15?. The molecule has 3 rings (SSSR count). The number of hydrogen-bond acceptors (Lipinski definition) is 3. The number of fused-ring (bicyclic) bond motifs is 1. The lowest BCUT2D eigenvalue weighted by atomic mass is 10.1. The Bertz CT molecular complexity index is 508. The first kappa shape index (κ1) is 13.4. The summed E-state index contributed by atoms with van der Waals surface area (Å²) in [5.41, 5.74) is 3.39. The van der Waals surface area contributed by atoms with E-state index in [4.69, 9.17) is 4.74 Å². The molecule has 108 valence electrons. The summed E-state index contributed by atoms with van der Waals surface area (Å²) >= 11 is 0. The van der Waals surface area contributed by atoms with Crippen LogP contribution < -0.4 is 15.4 Å². The highest BCUT2D eigenvalue weighted by Gasteiger charge is 2.53. The van der Waals surface area contributed by atoms with Crippen LogP contribution in [0.15, 0.2) is 12.1 Å². The van der Waals surface area contributed by atoms with Gasteiger partial charge in [-0.2, -0.15) is 0 Å². The number of piperidine rings is 1. The molecule has 2 aliphatic rings. The summed E-state index contributed by atoms with van der Waals surface area (Å²) in [5, 5.41) is 6.39. The summed E-state index contributed by atoms with van der Waals surface area (Å²) in [5.74, 6) is 2.11. The predicted octanol–water partition coefficient (Wildman–Crippen LogP) is 1.32. The molecule has 3 atom stereocenters. The van der Waals surface area contributed by atoms with Crippen LogP contribution in [0.3, 0.4) is 0 Å². The lowest BCUT2D eigenvalue weighted by Gasteiger charge is -2.13. The van der Waals surface area contributed by atoms with E-state index in [1.807, 2.05) is 13.8 Å². The minimum Gasteiger partial charge on any atom is -0.483 e. The summed E-state index contributed by atoms with van der Waals surface area (Å²) in [6.45, 7) is 8.28. The minimum absolute atomic E-state index is 0.0104. The lowest BCUT2D eigenvalue weighted by molar-refractivity contribution is -0.123. The normalized spacial score (nSPS) is 27.1. The first-order chi connectivity index (χ1) is 9.56. The number of nitrogens with one attached hydrogen (secondary N) is 2. The Morgan fingerprint density at radius 3 is 2.45 bits per heavy atom. The number of amides is 1. The Kier molecular flexibility index (Phi) is 3.42. The summed E-state index contributed by atoms with van der Waals surface area (Å²) in [7, 11) is 0. The van der Waals surface area contributed by atoms with Gasteiger partial charge in [0.2, 0.25) is 0 Å². The molecule has 1 saturated heterocycles. The van der Waals surface area contributed by atoms with E-state index >= 15 is 0 Å². The van der Waals surface area contributed by atoms with Crippen molar-refractivity contribution in [1.82, 2.24) is 10.6 Å². The molecule has 0 bridgehead atoms. The molecule has 20 heavy (non-hydrogen) atoms. The number of aryl methyl sites for hydroxylation is 3. The molecule has 0 spiro atoms. The predicted molar refractivity (Wildman–Crippen MR) is 77.9 cm³/mol. The lowest BCUT2D eigenvalue weighted by Crippen LogP contribution is -2.35. The van der Waals surface area contributed by atoms with Crippen LogP contribution in [0, 0.1) is 32.6 Å². The average Bonchev–Trinajstić information content (AvgIpc) is 2.82. The summed E-state index contributed by atoms with van der Waals surface area (Å²) in [6, 6.07) is 4.53. The van der Waals surface area contributed by atoms with Crippen LogP contribution >= 0.6 is 0 Å². The van der Waals surface area contributed by atoms with E-state index in [-0.39, 0.29) is 12.5 Å². The highest BCUT2D eigenvalue weighted by atomic mass is 16.5. The average molecular weight is 274 g/mol.